The van der Waals surface area contributed by atoms with Crippen molar-refractivity contribution in [3.05, 3.63) is 0 Å². The molecular weight excluding hydrogens is 192 g/mol. The lowest BCUT2D eigenvalue weighted by Crippen LogP contribution is -2.06. The molecular formula is C8H17BrO. The van der Waals surface area contributed by atoms with E-state index in [9.17, 15) is 5.11 Å². The van der Waals surface area contributed by atoms with E-state index in [2.05, 4.69) is 22.9 Å². The molecule has 0 aliphatic heterocycles. The SMILES string of the molecule is CCCCC[C@@H](O)CCBr. The zero-order valence-electron chi connectivity index (χ0n) is 6.65. The van der Waals surface area contributed by atoms with Crippen molar-refractivity contribution in [2.45, 2.75) is 45.1 Å². The summed E-state index contributed by atoms with van der Waals surface area (Å²) in [6, 6.07) is 0. The Morgan fingerprint density at radius 2 is 2.00 bits per heavy atom. The standard InChI is InChI=1S/C8H17BrO/c1-2-3-4-5-8(10)6-7-9/h8,10H,2-7H2,1H3/t8-/m1/s1. The van der Waals surface area contributed by atoms with Crippen LogP contribution in [0.2, 0.25) is 0 Å². The second-order valence-corrected chi connectivity index (χ2v) is 3.42. The van der Waals surface area contributed by atoms with Crippen LogP contribution in [0.15, 0.2) is 0 Å². The van der Waals surface area contributed by atoms with E-state index in [4.69, 9.17) is 0 Å². The third-order valence-corrected chi connectivity index (χ3v) is 2.04. The van der Waals surface area contributed by atoms with Crippen molar-refractivity contribution in [1.82, 2.24) is 0 Å². The summed E-state index contributed by atoms with van der Waals surface area (Å²) in [5.41, 5.74) is 0. The number of rotatable bonds is 6. The lowest BCUT2D eigenvalue weighted by molar-refractivity contribution is 0.158. The molecule has 0 bridgehead atoms. The predicted molar refractivity (Wildman–Crippen MR) is 48.6 cm³/mol. The summed E-state index contributed by atoms with van der Waals surface area (Å²) in [7, 11) is 0. The first kappa shape index (κ1) is 10.4. The van der Waals surface area contributed by atoms with Crippen molar-refractivity contribution in [1.29, 1.82) is 0 Å². The Balaban J connectivity index is 2.97. The molecule has 0 fully saturated rings. The van der Waals surface area contributed by atoms with E-state index in [0.717, 1.165) is 18.2 Å². The molecule has 0 radical (unpaired) electrons. The van der Waals surface area contributed by atoms with E-state index in [1.807, 2.05) is 0 Å². The van der Waals surface area contributed by atoms with Gasteiger partial charge in [0.15, 0.2) is 0 Å². The molecule has 0 aromatic rings. The molecule has 0 aliphatic rings. The third kappa shape index (κ3) is 6.56. The normalized spacial score (nSPS) is 13.5. The Labute approximate surface area is 72.0 Å². The summed E-state index contributed by atoms with van der Waals surface area (Å²) in [6.45, 7) is 2.18. The van der Waals surface area contributed by atoms with Crippen molar-refractivity contribution in [3.8, 4) is 0 Å². The van der Waals surface area contributed by atoms with E-state index in [0.29, 0.717) is 0 Å². The first-order valence-corrected chi connectivity index (χ1v) is 5.17. The molecule has 0 saturated carbocycles. The fourth-order valence-corrected chi connectivity index (χ4v) is 1.43. The second-order valence-electron chi connectivity index (χ2n) is 2.63. The number of aliphatic hydroxyl groups is 1. The smallest absolute Gasteiger partial charge is 0.0548 e. The second kappa shape index (κ2) is 7.55. The van der Waals surface area contributed by atoms with Crippen molar-refractivity contribution in [3.63, 3.8) is 0 Å². The Bertz CT molecular complexity index is 66.3. The molecule has 10 heavy (non-hydrogen) atoms. The van der Waals surface area contributed by atoms with E-state index < -0.39 is 0 Å². The molecule has 0 heterocycles. The number of halogens is 1. The van der Waals surface area contributed by atoms with Crippen LogP contribution in [0, 0.1) is 0 Å². The van der Waals surface area contributed by atoms with Gasteiger partial charge in [-0.1, -0.05) is 42.1 Å². The van der Waals surface area contributed by atoms with Gasteiger partial charge < -0.3 is 5.11 Å². The molecule has 0 aromatic heterocycles. The van der Waals surface area contributed by atoms with Gasteiger partial charge in [0.05, 0.1) is 6.10 Å². The number of hydrogen-bond donors (Lipinski definition) is 1. The lowest BCUT2D eigenvalue weighted by Gasteiger charge is -2.06. The minimum Gasteiger partial charge on any atom is -0.393 e. The fourth-order valence-electron chi connectivity index (χ4n) is 0.900. The summed E-state index contributed by atoms with van der Waals surface area (Å²) in [5, 5.41) is 10.2. The highest BCUT2D eigenvalue weighted by molar-refractivity contribution is 9.09. The zero-order valence-corrected chi connectivity index (χ0v) is 8.23. The summed E-state index contributed by atoms with van der Waals surface area (Å²) in [6.07, 6.45) is 5.44. The highest BCUT2D eigenvalue weighted by Gasteiger charge is 2.00. The molecule has 0 spiro atoms. The van der Waals surface area contributed by atoms with Gasteiger partial charge in [-0.15, -0.1) is 0 Å². The van der Waals surface area contributed by atoms with Crippen LogP contribution in [0.4, 0.5) is 0 Å². The van der Waals surface area contributed by atoms with Gasteiger partial charge in [0, 0.05) is 5.33 Å². The van der Waals surface area contributed by atoms with Gasteiger partial charge in [-0.3, -0.25) is 0 Å². The molecule has 1 nitrogen and oxygen atoms in total. The maximum Gasteiger partial charge on any atom is 0.0548 e. The summed E-state index contributed by atoms with van der Waals surface area (Å²) in [4.78, 5) is 0. The van der Waals surface area contributed by atoms with Crippen molar-refractivity contribution in [2.24, 2.45) is 0 Å². The van der Waals surface area contributed by atoms with Crippen molar-refractivity contribution in [2.75, 3.05) is 5.33 Å². The topological polar surface area (TPSA) is 20.2 Å². The van der Waals surface area contributed by atoms with Crippen LogP contribution < -0.4 is 0 Å². The van der Waals surface area contributed by atoms with Crippen molar-refractivity contribution >= 4 is 15.9 Å². The Morgan fingerprint density at radius 1 is 1.30 bits per heavy atom. The minimum absolute atomic E-state index is 0.0778. The number of unbranched alkanes of at least 4 members (excludes halogenated alkanes) is 2. The van der Waals surface area contributed by atoms with Crippen LogP contribution in [-0.4, -0.2) is 16.5 Å². The molecule has 0 amide bonds. The van der Waals surface area contributed by atoms with E-state index in [1.165, 1.54) is 19.3 Å². The van der Waals surface area contributed by atoms with E-state index in [-0.39, 0.29) is 6.10 Å². The fraction of sp³-hybridized carbons (Fsp3) is 1.00. The van der Waals surface area contributed by atoms with Gasteiger partial charge in [0.1, 0.15) is 0 Å². The predicted octanol–water partition coefficient (Wildman–Crippen LogP) is 2.71. The van der Waals surface area contributed by atoms with Gasteiger partial charge >= 0.3 is 0 Å². The highest BCUT2D eigenvalue weighted by Crippen LogP contribution is 2.06. The molecule has 0 unspecified atom stereocenters. The molecule has 0 rings (SSSR count). The Morgan fingerprint density at radius 3 is 2.50 bits per heavy atom. The van der Waals surface area contributed by atoms with E-state index >= 15 is 0 Å². The zero-order chi connectivity index (χ0) is 7.82. The van der Waals surface area contributed by atoms with Gasteiger partial charge in [-0.2, -0.15) is 0 Å². The highest BCUT2D eigenvalue weighted by atomic mass is 79.9. The minimum atomic E-state index is -0.0778. The van der Waals surface area contributed by atoms with Crippen LogP contribution in [-0.2, 0) is 0 Å². The van der Waals surface area contributed by atoms with Crippen LogP contribution >= 0.6 is 15.9 Å². The first-order chi connectivity index (χ1) is 4.81. The summed E-state index contributed by atoms with van der Waals surface area (Å²) < 4.78 is 0. The number of alkyl halides is 1. The quantitative estimate of drug-likeness (QED) is 0.526. The van der Waals surface area contributed by atoms with Crippen LogP contribution in [0.5, 0.6) is 0 Å². The average Bonchev–Trinajstić information content (AvgIpc) is 1.89. The van der Waals surface area contributed by atoms with Gasteiger partial charge in [-0.05, 0) is 12.8 Å². The third-order valence-electron chi connectivity index (χ3n) is 1.58. The van der Waals surface area contributed by atoms with E-state index in [1.54, 1.807) is 0 Å². The van der Waals surface area contributed by atoms with Crippen molar-refractivity contribution < 1.29 is 5.11 Å². The lowest BCUT2D eigenvalue weighted by atomic mass is 10.1. The van der Waals surface area contributed by atoms with Crippen LogP contribution in [0.3, 0.4) is 0 Å². The molecule has 1 atom stereocenters. The largest absolute Gasteiger partial charge is 0.393 e. The first-order valence-electron chi connectivity index (χ1n) is 4.05. The Hall–Kier alpha value is 0.440. The molecule has 2 heteroatoms. The van der Waals surface area contributed by atoms with Gasteiger partial charge in [-0.25, -0.2) is 0 Å². The van der Waals surface area contributed by atoms with Gasteiger partial charge in [0.2, 0.25) is 0 Å². The number of hydrogen-bond acceptors (Lipinski definition) is 1. The molecule has 62 valence electrons. The maximum atomic E-state index is 9.25. The van der Waals surface area contributed by atoms with Crippen LogP contribution in [0.1, 0.15) is 39.0 Å². The summed E-state index contributed by atoms with van der Waals surface area (Å²) >= 11 is 3.30. The maximum absolute atomic E-state index is 9.25. The summed E-state index contributed by atoms with van der Waals surface area (Å²) in [5.74, 6) is 0. The monoisotopic (exact) mass is 208 g/mol. The molecule has 0 aromatic carbocycles. The Kier molecular flexibility index (Phi) is 7.88. The van der Waals surface area contributed by atoms with Crippen LogP contribution in [0.25, 0.3) is 0 Å². The van der Waals surface area contributed by atoms with Gasteiger partial charge in [0.25, 0.3) is 0 Å². The molecule has 1 N–H and O–H groups in total. The average molecular weight is 209 g/mol. The molecule has 0 aliphatic carbocycles. The molecule has 0 saturated heterocycles. The number of aliphatic hydroxyl groups excluding tert-OH is 1.